The van der Waals surface area contributed by atoms with E-state index < -0.39 is 0 Å². The van der Waals surface area contributed by atoms with E-state index in [2.05, 4.69) is 4.90 Å². The third kappa shape index (κ3) is 3.80. The topological polar surface area (TPSA) is 55.2 Å². The largest absolute Gasteiger partial charge is 0.492 e. The van der Waals surface area contributed by atoms with Crippen LogP contribution >= 0.6 is 0 Å². The molecule has 4 rings (SSSR count). The van der Waals surface area contributed by atoms with Crippen LogP contribution in [0, 0.1) is 0 Å². The number of morpholine rings is 1. The fourth-order valence-corrected chi connectivity index (χ4v) is 3.45. The molecule has 0 atom stereocenters. The fourth-order valence-electron chi connectivity index (χ4n) is 3.45. The molecule has 0 spiro atoms. The minimum absolute atomic E-state index is 0.0219. The molecule has 1 aromatic carbocycles. The van der Waals surface area contributed by atoms with Crippen molar-refractivity contribution in [3.8, 4) is 5.75 Å². The maximum absolute atomic E-state index is 12.4. The van der Waals surface area contributed by atoms with Gasteiger partial charge >= 0.3 is 0 Å². The van der Waals surface area contributed by atoms with Crippen LogP contribution in [0.5, 0.6) is 5.75 Å². The summed E-state index contributed by atoms with van der Waals surface area (Å²) in [6.07, 6.45) is 2.57. The Bertz CT molecular complexity index is 777. The summed E-state index contributed by atoms with van der Waals surface area (Å²) in [6.45, 7) is 6.70. The molecule has 0 N–H and O–H groups in total. The van der Waals surface area contributed by atoms with Crippen molar-refractivity contribution in [3.05, 3.63) is 34.5 Å². The van der Waals surface area contributed by atoms with Crippen molar-refractivity contribution in [2.75, 3.05) is 57.4 Å². The van der Waals surface area contributed by atoms with E-state index in [4.69, 9.17) is 13.9 Å². The van der Waals surface area contributed by atoms with E-state index in [1.165, 1.54) is 25.9 Å². The molecule has 2 fully saturated rings. The standard InChI is InChI=1S/C19H24N2O4/c22-17-14-19(21-8-10-23-11-9-21)25-18-13-15(3-4-16(17)18)24-12-7-20-5-1-2-6-20/h3-4,13-14H,1-2,5-12H2. The van der Waals surface area contributed by atoms with Gasteiger partial charge in [-0.2, -0.15) is 0 Å². The van der Waals surface area contributed by atoms with Gasteiger partial charge in [0.05, 0.1) is 18.6 Å². The number of anilines is 1. The molecule has 25 heavy (non-hydrogen) atoms. The highest BCUT2D eigenvalue weighted by Gasteiger charge is 2.16. The van der Waals surface area contributed by atoms with Crippen molar-refractivity contribution in [1.82, 2.24) is 4.90 Å². The SMILES string of the molecule is O=c1cc(N2CCOCC2)oc2cc(OCCN3CCCC3)ccc12. The Morgan fingerprint density at radius 3 is 2.64 bits per heavy atom. The molecule has 2 aromatic rings. The van der Waals surface area contributed by atoms with E-state index in [0.29, 0.717) is 36.7 Å². The summed E-state index contributed by atoms with van der Waals surface area (Å²) in [6, 6.07) is 7.03. The van der Waals surface area contributed by atoms with Gasteiger partial charge in [0.15, 0.2) is 11.3 Å². The maximum atomic E-state index is 12.4. The molecular formula is C19H24N2O4. The first-order valence-electron chi connectivity index (χ1n) is 9.05. The average Bonchev–Trinajstić information content (AvgIpc) is 3.16. The zero-order valence-electron chi connectivity index (χ0n) is 14.4. The summed E-state index contributed by atoms with van der Waals surface area (Å²) in [7, 11) is 0. The Labute approximate surface area is 146 Å². The van der Waals surface area contributed by atoms with Gasteiger partial charge in [0, 0.05) is 31.8 Å². The summed E-state index contributed by atoms with van der Waals surface area (Å²) >= 11 is 0. The number of hydrogen-bond acceptors (Lipinski definition) is 6. The monoisotopic (exact) mass is 344 g/mol. The quantitative estimate of drug-likeness (QED) is 0.828. The highest BCUT2D eigenvalue weighted by Crippen LogP contribution is 2.24. The second kappa shape index (κ2) is 7.45. The molecule has 6 heteroatoms. The molecule has 2 aliphatic heterocycles. The van der Waals surface area contributed by atoms with E-state index in [1.54, 1.807) is 12.1 Å². The number of ether oxygens (including phenoxy) is 2. The zero-order chi connectivity index (χ0) is 17.1. The van der Waals surface area contributed by atoms with Crippen molar-refractivity contribution in [2.45, 2.75) is 12.8 Å². The fraction of sp³-hybridized carbons (Fsp3) is 0.526. The van der Waals surface area contributed by atoms with Gasteiger partial charge in [-0.05, 0) is 38.1 Å². The van der Waals surface area contributed by atoms with Gasteiger partial charge in [-0.15, -0.1) is 0 Å². The van der Waals surface area contributed by atoms with Crippen LogP contribution in [0.4, 0.5) is 5.88 Å². The summed E-state index contributed by atoms with van der Waals surface area (Å²) in [5.74, 6) is 1.35. The number of hydrogen-bond donors (Lipinski definition) is 0. The van der Waals surface area contributed by atoms with Crippen molar-refractivity contribution in [2.24, 2.45) is 0 Å². The molecule has 0 radical (unpaired) electrons. The summed E-state index contributed by atoms with van der Waals surface area (Å²) in [5.41, 5.74) is 0.555. The first-order valence-corrected chi connectivity index (χ1v) is 9.05. The first kappa shape index (κ1) is 16.4. The van der Waals surface area contributed by atoms with Crippen LogP contribution in [-0.4, -0.2) is 57.4 Å². The molecule has 1 aromatic heterocycles. The van der Waals surface area contributed by atoms with Gasteiger partial charge in [-0.1, -0.05) is 0 Å². The van der Waals surface area contributed by atoms with Crippen molar-refractivity contribution < 1.29 is 13.9 Å². The minimum atomic E-state index is -0.0219. The molecule has 0 amide bonds. The smallest absolute Gasteiger partial charge is 0.200 e. The third-order valence-electron chi connectivity index (χ3n) is 4.89. The number of likely N-dealkylation sites (tertiary alicyclic amines) is 1. The van der Waals surface area contributed by atoms with Gasteiger partial charge in [0.1, 0.15) is 17.9 Å². The van der Waals surface area contributed by atoms with E-state index in [0.717, 1.165) is 25.4 Å². The molecular weight excluding hydrogens is 320 g/mol. The maximum Gasteiger partial charge on any atom is 0.200 e. The van der Waals surface area contributed by atoms with Crippen LogP contribution in [0.15, 0.2) is 33.5 Å². The molecule has 0 saturated carbocycles. The van der Waals surface area contributed by atoms with Crippen molar-refractivity contribution >= 4 is 16.9 Å². The lowest BCUT2D eigenvalue weighted by atomic mass is 10.2. The number of nitrogens with zero attached hydrogens (tertiary/aromatic N) is 2. The normalized spacial score (nSPS) is 18.8. The third-order valence-corrected chi connectivity index (χ3v) is 4.89. The lowest BCUT2D eigenvalue weighted by Gasteiger charge is -2.27. The minimum Gasteiger partial charge on any atom is -0.492 e. The highest BCUT2D eigenvalue weighted by atomic mass is 16.5. The second-order valence-corrected chi connectivity index (χ2v) is 6.60. The zero-order valence-corrected chi connectivity index (χ0v) is 14.4. The van der Waals surface area contributed by atoms with Crippen LogP contribution in [0.3, 0.4) is 0 Å². The predicted molar refractivity (Wildman–Crippen MR) is 96.7 cm³/mol. The molecule has 2 saturated heterocycles. The Morgan fingerprint density at radius 1 is 1.04 bits per heavy atom. The van der Waals surface area contributed by atoms with Crippen molar-refractivity contribution in [1.29, 1.82) is 0 Å². The Kier molecular flexibility index (Phi) is 4.90. The van der Waals surface area contributed by atoms with Crippen LogP contribution in [0.1, 0.15) is 12.8 Å². The average molecular weight is 344 g/mol. The first-order chi connectivity index (χ1) is 12.3. The van der Waals surface area contributed by atoms with E-state index in [-0.39, 0.29) is 5.43 Å². The second-order valence-electron chi connectivity index (χ2n) is 6.60. The van der Waals surface area contributed by atoms with Gasteiger partial charge in [-0.3, -0.25) is 9.69 Å². The van der Waals surface area contributed by atoms with E-state index >= 15 is 0 Å². The molecule has 2 aliphatic rings. The van der Waals surface area contributed by atoms with Crippen molar-refractivity contribution in [3.63, 3.8) is 0 Å². The van der Waals surface area contributed by atoms with E-state index in [9.17, 15) is 4.79 Å². The predicted octanol–water partition coefficient (Wildman–Crippen LogP) is 2.10. The van der Waals surface area contributed by atoms with Gasteiger partial charge in [0.25, 0.3) is 0 Å². The number of fused-ring (bicyclic) bond motifs is 1. The van der Waals surface area contributed by atoms with Crippen LogP contribution in [0.2, 0.25) is 0 Å². The molecule has 134 valence electrons. The molecule has 0 unspecified atom stereocenters. The van der Waals surface area contributed by atoms with Crippen LogP contribution in [-0.2, 0) is 4.74 Å². The van der Waals surface area contributed by atoms with Gasteiger partial charge in [0.2, 0.25) is 0 Å². The lowest BCUT2D eigenvalue weighted by Crippen LogP contribution is -2.36. The van der Waals surface area contributed by atoms with E-state index in [1.807, 2.05) is 17.0 Å². The summed E-state index contributed by atoms with van der Waals surface area (Å²) in [4.78, 5) is 16.8. The molecule has 3 heterocycles. The number of benzene rings is 1. The van der Waals surface area contributed by atoms with Crippen LogP contribution < -0.4 is 15.1 Å². The highest BCUT2D eigenvalue weighted by molar-refractivity contribution is 5.79. The molecule has 6 nitrogen and oxygen atoms in total. The Morgan fingerprint density at radius 2 is 1.84 bits per heavy atom. The Balaban J connectivity index is 1.50. The Hall–Kier alpha value is -2.05. The molecule has 0 aliphatic carbocycles. The summed E-state index contributed by atoms with van der Waals surface area (Å²) < 4.78 is 17.2. The van der Waals surface area contributed by atoms with Gasteiger partial charge in [-0.25, -0.2) is 0 Å². The van der Waals surface area contributed by atoms with Gasteiger partial charge < -0.3 is 18.8 Å². The summed E-state index contributed by atoms with van der Waals surface area (Å²) in [5, 5.41) is 0.587. The lowest BCUT2D eigenvalue weighted by molar-refractivity contribution is 0.121. The van der Waals surface area contributed by atoms with Crippen LogP contribution in [0.25, 0.3) is 11.0 Å². The number of rotatable bonds is 5. The molecule has 0 bridgehead atoms.